The Bertz CT molecular complexity index is 325. The number of carboxylic acid groups (broad SMARTS) is 1. The number of hydrogen-bond acceptors (Lipinski definition) is 7. The number of aliphatic hydroxyl groups is 1. The predicted octanol–water partition coefficient (Wildman–Crippen LogP) is -2.23. The molecule has 1 rings (SSSR count). The van der Waals surface area contributed by atoms with Crippen LogP contribution in [0.2, 0.25) is 0 Å². The van der Waals surface area contributed by atoms with E-state index in [1.165, 1.54) is 0 Å². The van der Waals surface area contributed by atoms with Gasteiger partial charge >= 0.3 is 11.9 Å². The molecule has 0 radical (unpaired) electrons. The zero-order valence-electron chi connectivity index (χ0n) is 10.6. The summed E-state index contributed by atoms with van der Waals surface area (Å²) in [6, 6.07) is -1.52. The summed E-state index contributed by atoms with van der Waals surface area (Å²) in [4.78, 5) is 22.4. The van der Waals surface area contributed by atoms with Gasteiger partial charge in [0.2, 0.25) is 0 Å². The molecule has 2 unspecified atom stereocenters. The molecule has 7 N–H and O–H groups in total. The molecule has 0 saturated carbocycles. The maximum absolute atomic E-state index is 11.6. The monoisotopic (exact) mass is 275 g/mol. The van der Waals surface area contributed by atoms with Crippen molar-refractivity contribution in [2.75, 3.05) is 13.1 Å². The molecule has 0 aromatic carbocycles. The van der Waals surface area contributed by atoms with Gasteiger partial charge in [-0.15, -0.1) is 0 Å². The van der Waals surface area contributed by atoms with Gasteiger partial charge in [-0.05, 0) is 12.8 Å². The summed E-state index contributed by atoms with van der Waals surface area (Å²) in [6.45, 7) is 0.426. The highest BCUT2D eigenvalue weighted by Gasteiger charge is 2.32. The molecule has 8 nitrogen and oxygen atoms in total. The summed E-state index contributed by atoms with van der Waals surface area (Å²) in [6.07, 6.45) is -0.311. The minimum atomic E-state index is -0.964. The van der Waals surface area contributed by atoms with Crippen molar-refractivity contribution in [2.24, 2.45) is 11.5 Å². The number of aliphatic carboxylic acids is 1. The summed E-state index contributed by atoms with van der Waals surface area (Å²) >= 11 is 0. The summed E-state index contributed by atoms with van der Waals surface area (Å²) in [5.74, 6) is -1.55. The van der Waals surface area contributed by atoms with Crippen LogP contribution in [0.15, 0.2) is 0 Å². The van der Waals surface area contributed by atoms with Gasteiger partial charge in [-0.3, -0.25) is 9.59 Å². The molecule has 110 valence electrons. The summed E-state index contributed by atoms with van der Waals surface area (Å²) in [7, 11) is 0. The molecule has 8 heteroatoms. The van der Waals surface area contributed by atoms with Crippen LogP contribution in [0.4, 0.5) is 0 Å². The van der Waals surface area contributed by atoms with E-state index in [2.05, 4.69) is 5.32 Å². The second-order valence-corrected chi connectivity index (χ2v) is 4.67. The Morgan fingerprint density at radius 1 is 1.42 bits per heavy atom. The first-order chi connectivity index (χ1) is 8.93. The Balaban J connectivity index is 2.29. The van der Waals surface area contributed by atoms with Gasteiger partial charge < -0.3 is 31.7 Å². The van der Waals surface area contributed by atoms with Crippen molar-refractivity contribution in [1.82, 2.24) is 5.32 Å². The number of nitrogens with two attached hydrogens (primary N) is 2. The topological polar surface area (TPSA) is 148 Å². The first kappa shape index (κ1) is 15.8. The third-order valence-electron chi connectivity index (χ3n) is 3.06. The van der Waals surface area contributed by atoms with Gasteiger partial charge in [0.15, 0.2) is 0 Å². The van der Waals surface area contributed by atoms with Crippen LogP contribution in [0.3, 0.4) is 0 Å². The second-order valence-electron chi connectivity index (χ2n) is 4.67. The van der Waals surface area contributed by atoms with Gasteiger partial charge in [0, 0.05) is 19.5 Å². The molecule has 0 spiro atoms. The molecule has 0 aliphatic carbocycles. The van der Waals surface area contributed by atoms with Crippen molar-refractivity contribution in [3.05, 3.63) is 0 Å². The van der Waals surface area contributed by atoms with E-state index in [1.54, 1.807) is 0 Å². The zero-order chi connectivity index (χ0) is 14.4. The molecule has 0 bridgehead atoms. The quantitative estimate of drug-likeness (QED) is 0.328. The van der Waals surface area contributed by atoms with Crippen molar-refractivity contribution in [1.29, 1.82) is 0 Å². The number of rotatable bonds is 7. The van der Waals surface area contributed by atoms with E-state index >= 15 is 0 Å². The second kappa shape index (κ2) is 7.39. The number of hydrogen-bond donors (Lipinski definition) is 5. The van der Waals surface area contributed by atoms with E-state index in [0.29, 0.717) is 13.0 Å². The Kier molecular flexibility index (Phi) is 6.16. The molecule has 1 aliphatic rings. The molecule has 1 aliphatic heterocycles. The Labute approximate surface area is 111 Å². The van der Waals surface area contributed by atoms with Crippen molar-refractivity contribution >= 4 is 11.9 Å². The van der Waals surface area contributed by atoms with Gasteiger partial charge in [-0.2, -0.15) is 0 Å². The predicted molar refractivity (Wildman–Crippen MR) is 66.2 cm³/mol. The molecule has 0 amide bonds. The lowest BCUT2D eigenvalue weighted by atomic mass is 10.1. The van der Waals surface area contributed by atoms with E-state index < -0.39 is 36.2 Å². The van der Waals surface area contributed by atoms with Gasteiger partial charge in [-0.25, -0.2) is 0 Å². The van der Waals surface area contributed by atoms with Gasteiger partial charge in [0.1, 0.15) is 18.2 Å². The van der Waals surface area contributed by atoms with Gasteiger partial charge in [-0.1, -0.05) is 0 Å². The smallest absolute Gasteiger partial charge is 0.323 e. The third kappa shape index (κ3) is 5.11. The Hall–Kier alpha value is -1.22. The normalized spacial score (nSPS) is 25.8. The van der Waals surface area contributed by atoms with Gasteiger partial charge in [0.05, 0.1) is 6.10 Å². The Morgan fingerprint density at radius 3 is 2.63 bits per heavy atom. The number of aliphatic hydroxyl groups excluding tert-OH is 1. The summed E-state index contributed by atoms with van der Waals surface area (Å²) in [5, 5.41) is 20.8. The summed E-state index contributed by atoms with van der Waals surface area (Å²) in [5.41, 5.74) is 10.9. The number of esters is 1. The fraction of sp³-hybridized carbons (Fsp3) is 0.818. The van der Waals surface area contributed by atoms with Crippen LogP contribution in [0, 0.1) is 0 Å². The lowest BCUT2D eigenvalue weighted by molar-refractivity contribution is -0.151. The Morgan fingerprint density at radius 2 is 2.11 bits per heavy atom. The molecule has 0 aromatic rings. The molecule has 19 heavy (non-hydrogen) atoms. The molecule has 1 heterocycles. The molecule has 1 saturated heterocycles. The number of carboxylic acids is 1. The van der Waals surface area contributed by atoms with E-state index in [-0.39, 0.29) is 19.4 Å². The average Bonchev–Trinajstić information content (AvgIpc) is 2.83. The van der Waals surface area contributed by atoms with Crippen LogP contribution in [0.1, 0.15) is 19.3 Å². The van der Waals surface area contributed by atoms with Crippen LogP contribution in [-0.2, 0) is 14.3 Å². The van der Waals surface area contributed by atoms with Crippen molar-refractivity contribution in [3.8, 4) is 0 Å². The lowest BCUT2D eigenvalue weighted by Crippen LogP contribution is -2.36. The van der Waals surface area contributed by atoms with Gasteiger partial charge in [0.25, 0.3) is 0 Å². The largest absolute Gasteiger partial charge is 0.480 e. The highest BCUT2D eigenvalue weighted by molar-refractivity contribution is 5.76. The number of carbonyl (C=O) groups excluding carboxylic acids is 1. The van der Waals surface area contributed by atoms with Crippen LogP contribution < -0.4 is 16.8 Å². The van der Waals surface area contributed by atoms with Crippen LogP contribution in [-0.4, -0.2) is 59.5 Å². The zero-order valence-corrected chi connectivity index (χ0v) is 10.6. The van der Waals surface area contributed by atoms with E-state index in [1.807, 2.05) is 0 Å². The van der Waals surface area contributed by atoms with Crippen LogP contribution >= 0.6 is 0 Å². The molecule has 4 atom stereocenters. The fourth-order valence-electron chi connectivity index (χ4n) is 1.84. The van der Waals surface area contributed by atoms with Crippen LogP contribution in [0.25, 0.3) is 0 Å². The number of nitrogens with one attached hydrogen (secondary N) is 1. The SMILES string of the molecule is NCC(O)CC[C@H](N)C(=O)OC1CN[C@H](C(=O)O)C1. The maximum atomic E-state index is 11.6. The molecule has 0 aromatic heterocycles. The first-order valence-corrected chi connectivity index (χ1v) is 6.24. The lowest BCUT2D eigenvalue weighted by Gasteiger charge is -2.16. The van der Waals surface area contributed by atoms with Crippen LogP contribution in [0.5, 0.6) is 0 Å². The highest BCUT2D eigenvalue weighted by Crippen LogP contribution is 2.12. The van der Waals surface area contributed by atoms with Crippen molar-refractivity contribution < 1.29 is 24.5 Å². The van der Waals surface area contributed by atoms with E-state index in [4.69, 9.17) is 21.3 Å². The first-order valence-electron chi connectivity index (χ1n) is 6.24. The van der Waals surface area contributed by atoms with E-state index in [9.17, 15) is 14.7 Å². The van der Waals surface area contributed by atoms with E-state index in [0.717, 1.165) is 0 Å². The van der Waals surface area contributed by atoms with Crippen molar-refractivity contribution in [2.45, 2.75) is 43.6 Å². The molecular weight excluding hydrogens is 254 g/mol. The standard InChI is InChI=1S/C11H21N3O5/c12-4-6(15)1-2-8(13)11(18)19-7-3-9(10(16)17)14-5-7/h6-9,14-15H,1-5,12-13H2,(H,16,17)/t6?,7?,8-,9-/m0/s1. The minimum absolute atomic E-state index is 0.120. The highest BCUT2D eigenvalue weighted by atomic mass is 16.5. The molecule has 1 fully saturated rings. The fourth-order valence-corrected chi connectivity index (χ4v) is 1.84. The number of carbonyl (C=O) groups is 2. The average molecular weight is 275 g/mol. The van der Waals surface area contributed by atoms with Crippen molar-refractivity contribution in [3.63, 3.8) is 0 Å². The third-order valence-corrected chi connectivity index (χ3v) is 3.06. The maximum Gasteiger partial charge on any atom is 0.323 e. The number of ether oxygens (including phenoxy) is 1. The minimum Gasteiger partial charge on any atom is -0.480 e. The summed E-state index contributed by atoms with van der Waals surface area (Å²) < 4.78 is 5.12. The molecular formula is C11H21N3O5.